The van der Waals surface area contributed by atoms with Crippen molar-refractivity contribution in [3.05, 3.63) is 47.5 Å². The molecule has 9 heteroatoms. The highest BCUT2D eigenvalue weighted by atomic mass is 35.5. The largest absolute Gasteiger partial charge is 0.399 e. The predicted octanol–water partition coefficient (Wildman–Crippen LogP) is 4.61. The molecule has 28 heavy (non-hydrogen) atoms. The van der Waals surface area contributed by atoms with E-state index < -0.39 is 0 Å². The maximum atomic E-state index is 5.84. The topological polar surface area (TPSA) is 79.3 Å². The van der Waals surface area contributed by atoms with Crippen LogP contribution in [-0.2, 0) is 0 Å². The number of nitrogens with zero attached hydrogens (tertiary/aromatic N) is 1. The Labute approximate surface area is 193 Å². The van der Waals surface area contributed by atoms with E-state index in [0.717, 1.165) is 60.1 Å². The van der Waals surface area contributed by atoms with E-state index in [1.54, 1.807) is 0 Å². The zero-order valence-electron chi connectivity index (χ0n) is 16.5. The van der Waals surface area contributed by atoms with Gasteiger partial charge in [0.05, 0.1) is 0 Å². The van der Waals surface area contributed by atoms with E-state index in [0.29, 0.717) is 0 Å². The van der Waals surface area contributed by atoms with Crippen LogP contribution in [0.5, 0.6) is 0 Å². The highest BCUT2D eigenvalue weighted by Crippen LogP contribution is 2.17. The second-order valence-electron chi connectivity index (χ2n) is 6.30. The monoisotopic (exact) mass is 471 g/mol. The van der Waals surface area contributed by atoms with E-state index >= 15 is 0 Å². The summed E-state index contributed by atoms with van der Waals surface area (Å²) in [5.41, 5.74) is 17.8. The van der Waals surface area contributed by atoms with E-state index in [1.807, 2.05) is 38.1 Å². The molecule has 2 aromatic carbocycles. The molecule has 0 aliphatic rings. The molecule has 0 saturated heterocycles. The zero-order chi connectivity index (χ0) is 17.5. The number of nitrogens with one attached hydrogen (secondary N) is 2. The van der Waals surface area contributed by atoms with Gasteiger partial charge in [0.2, 0.25) is 0 Å². The molecule has 0 fully saturated rings. The average molecular weight is 473 g/mol. The van der Waals surface area contributed by atoms with Gasteiger partial charge in [0.15, 0.2) is 0 Å². The second-order valence-corrected chi connectivity index (χ2v) is 6.30. The fourth-order valence-electron chi connectivity index (χ4n) is 2.47. The molecule has 0 spiro atoms. The first-order chi connectivity index (χ1) is 11.5. The third-order valence-corrected chi connectivity index (χ3v) is 4.18. The number of hydrogen-bond donors (Lipinski definition) is 4. The summed E-state index contributed by atoms with van der Waals surface area (Å²) in [6.45, 7) is 7.81. The summed E-state index contributed by atoms with van der Waals surface area (Å²) in [4.78, 5) is 2.30. The van der Waals surface area contributed by atoms with Crippen molar-refractivity contribution in [2.24, 2.45) is 0 Å². The first-order valence-corrected chi connectivity index (χ1v) is 8.34. The smallest absolute Gasteiger partial charge is 0.0345 e. The van der Waals surface area contributed by atoms with Crippen LogP contribution in [0.25, 0.3) is 0 Å². The van der Waals surface area contributed by atoms with Crippen molar-refractivity contribution in [2.45, 2.75) is 13.8 Å². The molecule has 0 aromatic heterocycles. The Morgan fingerprint density at radius 2 is 1.07 bits per heavy atom. The number of nitrogens with two attached hydrogens (primary N) is 2. The Kier molecular flexibility index (Phi) is 17.6. The molecule has 0 radical (unpaired) electrons. The summed E-state index contributed by atoms with van der Waals surface area (Å²) in [6.07, 6.45) is 0. The van der Waals surface area contributed by atoms with Crippen LogP contribution < -0.4 is 22.1 Å². The minimum atomic E-state index is 0. The van der Waals surface area contributed by atoms with Gasteiger partial charge in [-0.25, -0.2) is 0 Å². The van der Waals surface area contributed by atoms with Gasteiger partial charge < -0.3 is 27.0 Å². The minimum Gasteiger partial charge on any atom is -0.399 e. The van der Waals surface area contributed by atoms with Crippen molar-refractivity contribution in [3.8, 4) is 0 Å². The van der Waals surface area contributed by atoms with Crippen LogP contribution in [0.3, 0.4) is 0 Å². The molecular weight excluding hydrogens is 440 g/mol. The summed E-state index contributed by atoms with van der Waals surface area (Å²) in [7, 11) is 2.13. The quantitative estimate of drug-likeness (QED) is 0.422. The number of hydrogen-bond acceptors (Lipinski definition) is 5. The van der Waals surface area contributed by atoms with E-state index in [4.69, 9.17) is 11.5 Å². The number of likely N-dealkylation sites (N-methyl/N-ethyl adjacent to an activating group) is 1. The maximum Gasteiger partial charge on any atom is 0.0345 e. The van der Waals surface area contributed by atoms with Gasteiger partial charge in [0.25, 0.3) is 0 Å². The van der Waals surface area contributed by atoms with Crippen LogP contribution in [0.2, 0.25) is 0 Å². The van der Waals surface area contributed by atoms with Crippen LogP contribution >= 0.6 is 49.6 Å². The van der Waals surface area contributed by atoms with Crippen LogP contribution in [-0.4, -0.2) is 38.1 Å². The van der Waals surface area contributed by atoms with Crippen LogP contribution in [0, 0.1) is 13.8 Å². The standard InChI is InChI=1S/C19H29N5.4ClH/c1-14-12-16(4-6-18(14)20)22-8-10-24(3)11-9-23-17-5-7-19(21)15(2)13-17;;;;/h4-7,12-13,22-23H,8-11,20-21H2,1-3H3;4*1H. The van der Waals surface area contributed by atoms with Crippen molar-refractivity contribution >= 4 is 72.4 Å². The van der Waals surface area contributed by atoms with E-state index in [2.05, 4.69) is 34.7 Å². The van der Waals surface area contributed by atoms with Gasteiger partial charge >= 0.3 is 0 Å². The van der Waals surface area contributed by atoms with E-state index in [-0.39, 0.29) is 49.6 Å². The number of benzene rings is 2. The van der Waals surface area contributed by atoms with Gasteiger partial charge in [-0.2, -0.15) is 0 Å². The van der Waals surface area contributed by atoms with Gasteiger partial charge in [0, 0.05) is 48.9 Å². The van der Waals surface area contributed by atoms with Gasteiger partial charge in [-0.1, -0.05) is 0 Å². The lowest BCUT2D eigenvalue weighted by atomic mass is 10.2. The van der Waals surface area contributed by atoms with Crippen LogP contribution in [0.15, 0.2) is 36.4 Å². The lowest BCUT2D eigenvalue weighted by Gasteiger charge is -2.18. The summed E-state index contributed by atoms with van der Waals surface area (Å²) in [5.74, 6) is 0. The third-order valence-electron chi connectivity index (χ3n) is 4.18. The Morgan fingerprint density at radius 3 is 1.39 bits per heavy atom. The molecule has 0 saturated carbocycles. The van der Waals surface area contributed by atoms with Crippen molar-refractivity contribution in [2.75, 3.05) is 55.3 Å². The van der Waals surface area contributed by atoms with Gasteiger partial charge in [-0.3, -0.25) is 0 Å². The molecule has 0 aliphatic heterocycles. The Balaban J connectivity index is -0.00000156. The summed E-state index contributed by atoms with van der Waals surface area (Å²) >= 11 is 0. The van der Waals surface area contributed by atoms with Gasteiger partial charge in [-0.15, -0.1) is 49.6 Å². The predicted molar refractivity (Wildman–Crippen MR) is 135 cm³/mol. The van der Waals surface area contributed by atoms with E-state index in [1.165, 1.54) is 0 Å². The van der Waals surface area contributed by atoms with Crippen LogP contribution in [0.1, 0.15) is 11.1 Å². The van der Waals surface area contributed by atoms with E-state index in [9.17, 15) is 0 Å². The minimum absolute atomic E-state index is 0. The summed E-state index contributed by atoms with van der Waals surface area (Å²) in [5, 5.41) is 6.87. The number of nitrogen functional groups attached to an aromatic ring is 2. The van der Waals surface area contributed by atoms with Gasteiger partial charge in [-0.05, 0) is 68.4 Å². The van der Waals surface area contributed by atoms with Crippen molar-refractivity contribution in [3.63, 3.8) is 0 Å². The zero-order valence-corrected chi connectivity index (χ0v) is 19.8. The molecule has 0 bridgehead atoms. The third kappa shape index (κ3) is 10.3. The number of anilines is 4. The Bertz CT molecular complexity index is 628. The molecule has 2 rings (SSSR count). The number of halogens is 4. The number of aryl methyl sites for hydroxylation is 2. The molecule has 0 aliphatic carbocycles. The lowest BCUT2D eigenvalue weighted by Crippen LogP contribution is -2.29. The molecule has 0 amide bonds. The molecule has 0 atom stereocenters. The maximum absolute atomic E-state index is 5.84. The highest BCUT2D eigenvalue weighted by molar-refractivity contribution is 5.86. The van der Waals surface area contributed by atoms with Crippen molar-refractivity contribution in [1.82, 2.24) is 4.90 Å². The number of rotatable bonds is 8. The Morgan fingerprint density at radius 1 is 0.714 bits per heavy atom. The SMILES string of the molecule is Cc1cc(NCCN(C)CCNc2ccc(N)c(C)c2)ccc1N.Cl.Cl.Cl.Cl. The Hall–Kier alpha value is -1.24. The van der Waals surface area contributed by atoms with Crippen molar-refractivity contribution < 1.29 is 0 Å². The van der Waals surface area contributed by atoms with Gasteiger partial charge in [0.1, 0.15) is 0 Å². The molecule has 2 aromatic rings. The molecular formula is C19H33Cl4N5. The second kappa shape index (κ2) is 15.7. The molecule has 6 N–H and O–H groups in total. The molecule has 5 nitrogen and oxygen atoms in total. The average Bonchev–Trinajstić information content (AvgIpc) is 2.54. The molecule has 0 heterocycles. The first kappa shape index (κ1) is 31.5. The molecule has 0 unspecified atom stereocenters. The van der Waals surface area contributed by atoms with Crippen molar-refractivity contribution in [1.29, 1.82) is 0 Å². The normalized spacial score (nSPS) is 9.29. The fraction of sp³-hybridized carbons (Fsp3) is 0.368. The molecule has 162 valence electrons. The lowest BCUT2D eigenvalue weighted by molar-refractivity contribution is 0.361. The highest BCUT2D eigenvalue weighted by Gasteiger charge is 2.01. The fourth-order valence-corrected chi connectivity index (χ4v) is 2.47. The summed E-state index contributed by atoms with van der Waals surface area (Å²) < 4.78 is 0. The first-order valence-electron chi connectivity index (χ1n) is 8.34. The van der Waals surface area contributed by atoms with Crippen LogP contribution in [0.4, 0.5) is 22.7 Å². The summed E-state index contributed by atoms with van der Waals surface area (Å²) in [6, 6.07) is 12.1.